The second-order valence-corrected chi connectivity index (χ2v) is 10.1. The third-order valence-electron chi connectivity index (χ3n) is 6.23. The Kier molecular flexibility index (Phi) is 7.92. The Bertz CT molecular complexity index is 1050. The molecule has 0 saturated carbocycles. The molecule has 2 N–H and O–H groups in total. The smallest absolute Gasteiger partial charge is 0.251 e. The molecule has 7 nitrogen and oxygen atoms in total. The summed E-state index contributed by atoms with van der Waals surface area (Å²) < 4.78 is 32.4. The lowest BCUT2D eigenvalue weighted by Gasteiger charge is -2.35. The van der Waals surface area contributed by atoms with Crippen LogP contribution in [0.25, 0.3) is 0 Å². The first-order chi connectivity index (χ1) is 15.3. The van der Waals surface area contributed by atoms with Crippen LogP contribution in [-0.4, -0.2) is 53.0 Å². The average molecular weight is 460 g/mol. The minimum Gasteiger partial charge on any atom is -0.497 e. The number of nitrogens with zero attached hydrogens (tertiary/aromatic N) is 1. The summed E-state index contributed by atoms with van der Waals surface area (Å²) in [6.45, 7) is 5.97. The van der Waals surface area contributed by atoms with Gasteiger partial charge in [-0.1, -0.05) is 18.6 Å². The van der Waals surface area contributed by atoms with E-state index in [0.717, 1.165) is 42.8 Å². The standard InChI is InChI=1S/C24H33N3O4S/c1-17-14-20(15-23(18(17)2)32(29,30)25-3)24(28)26-16-22(27-12-6-5-7-13-27)19-8-10-21(31-4)11-9-19/h8-11,14-15,22,25H,5-7,12-13,16H2,1-4H3,(H,26,28). The Labute approximate surface area is 191 Å². The number of carbonyl (C=O) groups is 1. The minimum absolute atomic E-state index is 0.0391. The van der Waals surface area contributed by atoms with Crippen molar-refractivity contribution in [2.75, 3.05) is 33.8 Å². The quantitative estimate of drug-likeness (QED) is 0.633. The van der Waals surface area contributed by atoms with Gasteiger partial charge >= 0.3 is 0 Å². The molecule has 0 radical (unpaired) electrons. The molecule has 1 aliphatic rings. The van der Waals surface area contributed by atoms with Crippen molar-refractivity contribution in [2.45, 2.75) is 44.0 Å². The molecule has 3 rings (SSSR count). The molecule has 0 aromatic heterocycles. The lowest BCUT2D eigenvalue weighted by atomic mass is 10.0. The van der Waals surface area contributed by atoms with Gasteiger partial charge in [0.25, 0.3) is 5.91 Å². The van der Waals surface area contributed by atoms with Gasteiger partial charge in [0.05, 0.1) is 18.0 Å². The van der Waals surface area contributed by atoms with Crippen molar-refractivity contribution in [1.29, 1.82) is 0 Å². The second kappa shape index (κ2) is 10.5. The number of rotatable bonds is 8. The zero-order chi connectivity index (χ0) is 23.3. The normalized spacial score (nSPS) is 15.9. The molecule has 0 aliphatic carbocycles. The molecule has 1 amide bonds. The van der Waals surface area contributed by atoms with Gasteiger partial charge in [0.1, 0.15) is 5.75 Å². The van der Waals surface area contributed by atoms with Gasteiger partial charge in [0.2, 0.25) is 10.0 Å². The molecule has 1 saturated heterocycles. The lowest BCUT2D eigenvalue weighted by Crippen LogP contribution is -2.40. The predicted molar refractivity (Wildman–Crippen MR) is 126 cm³/mol. The molecule has 174 valence electrons. The minimum atomic E-state index is -3.66. The van der Waals surface area contributed by atoms with Crippen LogP contribution in [0.2, 0.25) is 0 Å². The second-order valence-electron chi connectivity index (χ2n) is 8.22. The predicted octanol–water partition coefficient (Wildman–Crippen LogP) is 3.18. The van der Waals surface area contributed by atoms with Crippen molar-refractivity contribution < 1.29 is 17.9 Å². The molecular weight excluding hydrogens is 426 g/mol. The highest BCUT2D eigenvalue weighted by atomic mass is 32.2. The molecule has 2 aromatic rings. The van der Waals surface area contributed by atoms with E-state index in [4.69, 9.17) is 4.74 Å². The van der Waals surface area contributed by atoms with Gasteiger partial charge < -0.3 is 10.1 Å². The van der Waals surface area contributed by atoms with Crippen LogP contribution in [0, 0.1) is 13.8 Å². The summed E-state index contributed by atoms with van der Waals surface area (Å²) in [4.78, 5) is 15.6. The fourth-order valence-electron chi connectivity index (χ4n) is 4.15. The Morgan fingerprint density at radius 2 is 1.75 bits per heavy atom. The third-order valence-corrected chi connectivity index (χ3v) is 7.77. The highest BCUT2D eigenvalue weighted by Gasteiger charge is 2.24. The number of hydrogen-bond donors (Lipinski definition) is 2. The van der Waals surface area contributed by atoms with Crippen LogP contribution in [0.4, 0.5) is 0 Å². The van der Waals surface area contributed by atoms with Gasteiger partial charge in [0.15, 0.2) is 0 Å². The third kappa shape index (κ3) is 5.49. The van der Waals surface area contributed by atoms with Crippen LogP contribution in [0.15, 0.2) is 41.3 Å². The first-order valence-corrected chi connectivity index (χ1v) is 12.5. The van der Waals surface area contributed by atoms with E-state index in [1.165, 1.54) is 19.5 Å². The number of hydrogen-bond acceptors (Lipinski definition) is 5. The molecule has 1 heterocycles. The summed E-state index contributed by atoms with van der Waals surface area (Å²) >= 11 is 0. The Morgan fingerprint density at radius 3 is 2.34 bits per heavy atom. The van der Waals surface area contributed by atoms with Crippen molar-refractivity contribution in [2.24, 2.45) is 0 Å². The van der Waals surface area contributed by atoms with Crippen molar-refractivity contribution in [3.8, 4) is 5.75 Å². The number of methoxy groups -OCH3 is 1. The van der Waals surface area contributed by atoms with E-state index in [0.29, 0.717) is 17.7 Å². The van der Waals surface area contributed by atoms with Crippen LogP contribution < -0.4 is 14.8 Å². The van der Waals surface area contributed by atoms with Gasteiger partial charge in [-0.15, -0.1) is 0 Å². The summed E-state index contributed by atoms with van der Waals surface area (Å²) in [6.07, 6.45) is 3.51. The van der Waals surface area contributed by atoms with Gasteiger partial charge in [-0.2, -0.15) is 0 Å². The van der Waals surface area contributed by atoms with E-state index in [1.54, 1.807) is 20.1 Å². The van der Waals surface area contributed by atoms with Gasteiger partial charge in [0, 0.05) is 12.1 Å². The molecule has 0 spiro atoms. The molecule has 32 heavy (non-hydrogen) atoms. The van der Waals surface area contributed by atoms with E-state index < -0.39 is 10.0 Å². The molecule has 1 atom stereocenters. The topological polar surface area (TPSA) is 87.7 Å². The summed E-state index contributed by atoms with van der Waals surface area (Å²) in [7, 11) is -0.643. The van der Waals surface area contributed by atoms with Crippen molar-refractivity contribution in [3.05, 3.63) is 58.7 Å². The van der Waals surface area contributed by atoms with E-state index in [-0.39, 0.29) is 16.8 Å². The molecular formula is C24H33N3O4S. The van der Waals surface area contributed by atoms with Gasteiger partial charge in [-0.25, -0.2) is 13.1 Å². The first kappa shape index (κ1) is 24.2. The molecule has 8 heteroatoms. The van der Waals surface area contributed by atoms with Crippen molar-refractivity contribution in [1.82, 2.24) is 14.9 Å². The number of carbonyl (C=O) groups excluding carboxylic acids is 1. The monoisotopic (exact) mass is 459 g/mol. The zero-order valence-corrected chi connectivity index (χ0v) is 20.1. The number of benzene rings is 2. The van der Waals surface area contributed by atoms with E-state index in [1.807, 2.05) is 31.2 Å². The van der Waals surface area contributed by atoms with E-state index in [9.17, 15) is 13.2 Å². The maximum Gasteiger partial charge on any atom is 0.251 e. The van der Waals surface area contributed by atoms with Crippen molar-refractivity contribution in [3.63, 3.8) is 0 Å². The van der Waals surface area contributed by atoms with Crippen LogP contribution >= 0.6 is 0 Å². The first-order valence-electron chi connectivity index (χ1n) is 11.0. The van der Waals surface area contributed by atoms with Crippen LogP contribution in [0.1, 0.15) is 52.4 Å². The number of ether oxygens (including phenoxy) is 1. The van der Waals surface area contributed by atoms with Crippen LogP contribution in [0.3, 0.4) is 0 Å². The average Bonchev–Trinajstić information content (AvgIpc) is 2.81. The highest BCUT2D eigenvalue weighted by Crippen LogP contribution is 2.26. The van der Waals surface area contributed by atoms with E-state index in [2.05, 4.69) is 14.9 Å². The summed E-state index contributed by atoms with van der Waals surface area (Å²) in [5.74, 6) is 0.514. The number of piperidine rings is 1. The number of amides is 1. The molecule has 1 unspecified atom stereocenters. The van der Waals surface area contributed by atoms with E-state index >= 15 is 0 Å². The number of nitrogens with one attached hydrogen (secondary N) is 2. The Balaban J connectivity index is 1.83. The highest BCUT2D eigenvalue weighted by molar-refractivity contribution is 7.89. The van der Waals surface area contributed by atoms with Crippen LogP contribution in [-0.2, 0) is 10.0 Å². The van der Waals surface area contributed by atoms with Crippen LogP contribution in [0.5, 0.6) is 5.75 Å². The fourth-order valence-corrected chi connectivity index (χ4v) is 5.22. The number of sulfonamides is 1. The van der Waals surface area contributed by atoms with Gasteiger partial charge in [-0.05, 0) is 87.8 Å². The largest absolute Gasteiger partial charge is 0.497 e. The van der Waals surface area contributed by atoms with Crippen molar-refractivity contribution >= 4 is 15.9 Å². The Hall–Kier alpha value is -2.42. The summed E-state index contributed by atoms with van der Waals surface area (Å²) in [6, 6.07) is 11.2. The number of aryl methyl sites for hydroxylation is 1. The molecule has 0 bridgehead atoms. The van der Waals surface area contributed by atoms with Gasteiger partial charge in [-0.3, -0.25) is 9.69 Å². The SMILES string of the molecule is CNS(=O)(=O)c1cc(C(=O)NCC(c2ccc(OC)cc2)N2CCCCC2)cc(C)c1C. The zero-order valence-electron chi connectivity index (χ0n) is 19.3. The number of likely N-dealkylation sites (tertiary alicyclic amines) is 1. The Morgan fingerprint density at radius 1 is 1.09 bits per heavy atom. The maximum absolute atomic E-state index is 13.0. The maximum atomic E-state index is 13.0. The summed E-state index contributed by atoms with van der Waals surface area (Å²) in [5.41, 5.74) is 2.86. The lowest BCUT2D eigenvalue weighted by molar-refractivity contribution is 0.0924. The molecule has 2 aromatic carbocycles. The summed E-state index contributed by atoms with van der Waals surface area (Å²) in [5, 5.41) is 3.04. The molecule has 1 fully saturated rings. The fraction of sp³-hybridized carbons (Fsp3) is 0.458. The molecule has 1 aliphatic heterocycles.